The molecule has 0 saturated carbocycles. The van der Waals surface area contributed by atoms with Crippen molar-refractivity contribution in [2.75, 3.05) is 26.2 Å². The molecule has 23 heavy (non-hydrogen) atoms. The van der Waals surface area contributed by atoms with Crippen molar-refractivity contribution < 1.29 is 9.18 Å². The summed E-state index contributed by atoms with van der Waals surface area (Å²) >= 11 is 0. The van der Waals surface area contributed by atoms with E-state index in [9.17, 15) is 9.18 Å². The first-order valence-corrected chi connectivity index (χ1v) is 7.97. The fourth-order valence-corrected chi connectivity index (χ4v) is 3.25. The van der Waals surface area contributed by atoms with Crippen molar-refractivity contribution >= 4 is 18.3 Å². The van der Waals surface area contributed by atoms with Gasteiger partial charge in [-0.25, -0.2) is 9.82 Å². The van der Waals surface area contributed by atoms with Gasteiger partial charge in [0.25, 0.3) is 0 Å². The van der Waals surface area contributed by atoms with E-state index in [0.29, 0.717) is 24.6 Å². The minimum atomic E-state index is -0.325. The summed E-state index contributed by atoms with van der Waals surface area (Å²) in [4.78, 5) is 12.4. The van der Waals surface area contributed by atoms with Gasteiger partial charge in [-0.05, 0) is 37.9 Å². The summed E-state index contributed by atoms with van der Waals surface area (Å²) in [7, 11) is 0. The third-order valence-corrected chi connectivity index (χ3v) is 4.57. The molecule has 1 amide bonds. The summed E-state index contributed by atoms with van der Waals surface area (Å²) in [6, 6.07) is 6.28. The molecule has 4 N–H and O–H groups in total. The predicted molar refractivity (Wildman–Crippen MR) is 89.6 cm³/mol. The number of hydrogen-bond acceptors (Lipinski definition) is 4. The second-order valence-electron chi connectivity index (χ2n) is 6.07. The average Bonchev–Trinajstić information content (AvgIpc) is 3.18. The van der Waals surface area contributed by atoms with Crippen LogP contribution in [0, 0.1) is 17.7 Å². The molecule has 0 aliphatic carbocycles. The Labute approximate surface area is 142 Å². The fourth-order valence-electron chi connectivity index (χ4n) is 3.25. The van der Waals surface area contributed by atoms with Crippen LogP contribution in [0.1, 0.15) is 24.4 Å². The highest BCUT2D eigenvalue weighted by Gasteiger charge is 2.35. The van der Waals surface area contributed by atoms with E-state index in [1.54, 1.807) is 18.2 Å². The highest BCUT2D eigenvalue weighted by Crippen LogP contribution is 2.27. The van der Waals surface area contributed by atoms with Gasteiger partial charge in [-0.1, -0.05) is 18.2 Å². The molecule has 2 aliphatic heterocycles. The van der Waals surface area contributed by atoms with Crippen LogP contribution in [0.3, 0.4) is 0 Å². The third kappa shape index (κ3) is 4.41. The quantitative estimate of drug-likeness (QED) is 0.648. The normalized spacial score (nSPS) is 26.7. The number of nitrogens with one attached hydrogen (secondary N) is 4. The van der Waals surface area contributed by atoms with Crippen LogP contribution in [-0.4, -0.2) is 32.1 Å². The summed E-state index contributed by atoms with van der Waals surface area (Å²) in [5, 5.41) is 6.33. The van der Waals surface area contributed by atoms with Crippen LogP contribution < -0.4 is 21.5 Å². The Balaban J connectivity index is 0.00000192. The molecule has 1 aromatic carbocycles. The topological polar surface area (TPSA) is 65.2 Å². The SMILES string of the molecule is Cl.O=C(NCCC1CCNC1)C1CNNC1c1ccccc1F. The molecule has 3 atom stereocenters. The van der Waals surface area contributed by atoms with Crippen LogP contribution in [0.25, 0.3) is 0 Å². The summed E-state index contributed by atoms with van der Waals surface area (Å²) in [6.45, 7) is 3.31. The number of hydrogen-bond donors (Lipinski definition) is 4. The third-order valence-electron chi connectivity index (χ3n) is 4.57. The highest BCUT2D eigenvalue weighted by atomic mass is 35.5. The molecule has 0 aromatic heterocycles. The fraction of sp³-hybridized carbons (Fsp3) is 0.562. The maximum atomic E-state index is 13.9. The smallest absolute Gasteiger partial charge is 0.226 e. The first-order valence-electron chi connectivity index (χ1n) is 7.97. The molecule has 2 aliphatic rings. The van der Waals surface area contributed by atoms with Crippen molar-refractivity contribution in [3.63, 3.8) is 0 Å². The number of hydrazine groups is 1. The van der Waals surface area contributed by atoms with Crippen LogP contribution in [0.5, 0.6) is 0 Å². The molecule has 3 unspecified atom stereocenters. The lowest BCUT2D eigenvalue weighted by Crippen LogP contribution is -2.36. The molecular formula is C16H24ClFN4O. The minimum Gasteiger partial charge on any atom is -0.356 e. The second-order valence-corrected chi connectivity index (χ2v) is 6.07. The number of amides is 1. The molecule has 2 heterocycles. The molecule has 2 fully saturated rings. The van der Waals surface area contributed by atoms with E-state index in [1.165, 1.54) is 12.5 Å². The summed E-state index contributed by atoms with van der Waals surface area (Å²) < 4.78 is 13.9. The van der Waals surface area contributed by atoms with Gasteiger partial charge in [0.1, 0.15) is 5.82 Å². The van der Waals surface area contributed by atoms with E-state index in [-0.39, 0.29) is 36.1 Å². The van der Waals surface area contributed by atoms with Crippen LogP contribution in [-0.2, 0) is 4.79 Å². The van der Waals surface area contributed by atoms with Crippen molar-refractivity contribution in [1.29, 1.82) is 0 Å². The van der Waals surface area contributed by atoms with Crippen molar-refractivity contribution in [3.05, 3.63) is 35.6 Å². The van der Waals surface area contributed by atoms with Gasteiger partial charge in [0, 0.05) is 18.7 Å². The molecule has 0 bridgehead atoms. The van der Waals surface area contributed by atoms with Gasteiger partial charge in [-0.2, -0.15) is 0 Å². The van der Waals surface area contributed by atoms with E-state index in [1.807, 2.05) is 0 Å². The van der Waals surface area contributed by atoms with Crippen molar-refractivity contribution in [1.82, 2.24) is 21.5 Å². The van der Waals surface area contributed by atoms with Crippen molar-refractivity contribution in [2.45, 2.75) is 18.9 Å². The van der Waals surface area contributed by atoms with Crippen LogP contribution in [0.15, 0.2) is 24.3 Å². The number of carbonyl (C=O) groups is 1. The van der Waals surface area contributed by atoms with E-state index in [4.69, 9.17) is 0 Å². The largest absolute Gasteiger partial charge is 0.356 e. The number of carbonyl (C=O) groups excluding carboxylic acids is 1. The van der Waals surface area contributed by atoms with Gasteiger partial charge in [0.15, 0.2) is 0 Å². The summed E-state index contributed by atoms with van der Waals surface area (Å²) in [5.74, 6) is 0.0661. The van der Waals surface area contributed by atoms with E-state index in [2.05, 4.69) is 21.5 Å². The molecule has 0 spiro atoms. The lowest BCUT2D eigenvalue weighted by atomic mass is 9.93. The Morgan fingerprint density at radius 1 is 1.30 bits per heavy atom. The number of halogens is 2. The highest BCUT2D eigenvalue weighted by molar-refractivity contribution is 5.85. The Hall–Kier alpha value is -1.21. The van der Waals surface area contributed by atoms with Gasteiger partial charge in [-0.3, -0.25) is 10.2 Å². The standard InChI is InChI=1S/C16H23FN4O.ClH/c17-14-4-2-1-3-12(14)15-13(10-20-21-15)16(22)19-8-6-11-5-7-18-9-11;/h1-4,11,13,15,18,20-21H,5-10H2,(H,19,22);1H. The minimum absolute atomic E-state index is 0. The van der Waals surface area contributed by atoms with E-state index < -0.39 is 0 Å². The Kier molecular flexibility index (Phi) is 6.77. The van der Waals surface area contributed by atoms with Crippen molar-refractivity contribution in [3.8, 4) is 0 Å². The monoisotopic (exact) mass is 342 g/mol. The molecule has 5 nitrogen and oxygen atoms in total. The maximum Gasteiger partial charge on any atom is 0.226 e. The first kappa shape index (κ1) is 18.1. The zero-order valence-electron chi connectivity index (χ0n) is 13.0. The Morgan fingerprint density at radius 3 is 2.87 bits per heavy atom. The Morgan fingerprint density at radius 2 is 2.13 bits per heavy atom. The van der Waals surface area contributed by atoms with Gasteiger partial charge < -0.3 is 10.6 Å². The summed E-state index contributed by atoms with van der Waals surface area (Å²) in [5.41, 5.74) is 6.52. The zero-order chi connectivity index (χ0) is 15.4. The van der Waals surface area contributed by atoms with Crippen LogP contribution >= 0.6 is 12.4 Å². The molecule has 7 heteroatoms. The lowest BCUT2D eigenvalue weighted by molar-refractivity contribution is -0.125. The molecule has 0 radical (unpaired) electrons. The lowest BCUT2D eigenvalue weighted by Gasteiger charge is -2.19. The molecular weight excluding hydrogens is 319 g/mol. The average molecular weight is 343 g/mol. The van der Waals surface area contributed by atoms with Crippen LogP contribution in [0.4, 0.5) is 4.39 Å². The van der Waals surface area contributed by atoms with Gasteiger partial charge in [-0.15, -0.1) is 12.4 Å². The molecule has 128 valence electrons. The van der Waals surface area contributed by atoms with Gasteiger partial charge in [0.2, 0.25) is 5.91 Å². The second kappa shape index (κ2) is 8.59. The van der Waals surface area contributed by atoms with Gasteiger partial charge in [0.05, 0.1) is 12.0 Å². The van der Waals surface area contributed by atoms with E-state index in [0.717, 1.165) is 19.5 Å². The number of rotatable bonds is 5. The molecule has 3 rings (SSSR count). The van der Waals surface area contributed by atoms with E-state index >= 15 is 0 Å². The molecule has 2 saturated heterocycles. The first-order chi connectivity index (χ1) is 10.8. The van der Waals surface area contributed by atoms with Crippen LogP contribution in [0.2, 0.25) is 0 Å². The Bertz CT molecular complexity index is 525. The maximum absolute atomic E-state index is 13.9. The molecule has 1 aromatic rings. The zero-order valence-corrected chi connectivity index (χ0v) is 13.8. The summed E-state index contributed by atoms with van der Waals surface area (Å²) in [6.07, 6.45) is 2.18. The number of benzene rings is 1. The van der Waals surface area contributed by atoms with Gasteiger partial charge >= 0.3 is 0 Å². The predicted octanol–water partition coefficient (Wildman–Crippen LogP) is 1.13. The van der Waals surface area contributed by atoms with Crippen molar-refractivity contribution in [2.24, 2.45) is 11.8 Å².